The van der Waals surface area contributed by atoms with Crippen LogP contribution in [0.5, 0.6) is 0 Å². The standard InChI is InChI=1S/C17H15F3N4/c1-10-4-6-13(7-5-10)14-9-15(17(18,19)20)22-16(21-14)24-12(3)8-11(2)23-24/h4-9H,1-3H3. The molecule has 2 aromatic heterocycles. The molecule has 3 rings (SSSR count). The van der Waals surface area contributed by atoms with Gasteiger partial charge in [-0.05, 0) is 32.9 Å². The van der Waals surface area contributed by atoms with E-state index in [0.717, 1.165) is 11.6 Å². The van der Waals surface area contributed by atoms with Gasteiger partial charge in [0.2, 0.25) is 0 Å². The number of aromatic nitrogens is 4. The van der Waals surface area contributed by atoms with Gasteiger partial charge in [-0.25, -0.2) is 14.6 Å². The zero-order valence-electron chi connectivity index (χ0n) is 13.4. The third kappa shape index (κ3) is 3.15. The summed E-state index contributed by atoms with van der Waals surface area (Å²) < 4.78 is 41.0. The van der Waals surface area contributed by atoms with Gasteiger partial charge in [0, 0.05) is 11.3 Å². The third-order valence-electron chi connectivity index (χ3n) is 3.55. The Morgan fingerprint density at radius 2 is 1.58 bits per heavy atom. The Morgan fingerprint density at radius 3 is 2.12 bits per heavy atom. The largest absolute Gasteiger partial charge is 0.433 e. The van der Waals surface area contributed by atoms with Crippen LogP contribution in [0, 0.1) is 20.8 Å². The first kappa shape index (κ1) is 16.2. The normalized spacial score (nSPS) is 11.8. The van der Waals surface area contributed by atoms with Crippen molar-refractivity contribution in [3.8, 4) is 17.2 Å². The van der Waals surface area contributed by atoms with Crippen molar-refractivity contribution in [1.29, 1.82) is 0 Å². The summed E-state index contributed by atoms with van der Waals surface area (Å²) in [5.74, 6) is -0.0917. The molecule has 0 atom stereocenters. The fourth-order valence-electron chi connectivity index (χ4n) is 2.38. The lowest BCUT2D eigenvalue weighted by atomic mass is 10.1. The van der Waals surface area contributed by atoms with Crippen LogP contribution in [0.1, 0.15) is 22.6 Å². The first-order valence-electron chi connectivity index (χ1n) is 7.31. The van der Waals surface area contributed by atoms with Gasteiger partial charge in [-0.2, -0.15) is 18.3 Å². The molecule has 0 N–H and O–H groups in total. The van der Waals surface area contributed by atoms with Gasteiger partial charge >= 0.3 is 6.18 Å². The van der Waals surface area contributed by atoms with Crippen LogP contribution in [0.2, 0.25) is 0 Å². The molecule has 2 heterocycles. The van der Waals surface area contributed by atoms with Crippen molar-refractivity contribution in [2.24, 2.45) is 0 Å². The van der Waals surface area contributed by atoms with Crippen molar-refractivity contribution in [2.45, 2.75) is 26.9 Å². The number of rotatable bonds is 2. The minimum absolute atomic E-state index is 0.0917. The van der Waals surface area contributed by atoms with E-state index in [-0.39, 0.29) is 11.6 Å². The number of nitrogens with zero attached hydrogens (tertiary/aromatic N) is 4. The van der Waals surface area contributed by atoms with Crippen molar-refractivity contribution in [2.75, 3.05) is 0 Å². The smallest absolute Gasteiger partial charge is 0.211 e. The van der Waals surface area contributed by atoms with Gasteiger partial charge in [0.15, 0.2) is 5.69 Å². The highest BCUT2D eigenvalue weighted by Gasteiger charge is 2.34. The molecule has 0 aliphatic rings. The van der Waals surface area contributed by atoms with E-state index in [1.54, 1.807) is 32.0 Å². The second-order valence-electron chi connectivity index (χ2n) is 5.64. The SMILES string of the molecule is Cc1ccc(-c2cc(C(F)(F)F)nc(-n3nc(C)cc3C)n2)cc1. The minimum Gasteiger partial charge on any atom is -0.211 e. The summed E-state index contributed by atoms with van der Waals surface area (Å²) in [6.45, 7) is 5.42. The second-order valence-corrected chi connectivity index (χ2v) is 5.64. The molecule has 0 saturated carbocycles. The Hall–Kier alpha value is -2.70. The van der Waals surface area contributed by atoms with Gasteiger partial charge in [0.25, 0.3) is 5.95 Å². The van der Waals surface area contributed by atoms with Crippen LogP contribution in [0.25, 0.3) is 17.2 Å². The Balaban J connectivity index is 2.21. The molecule has 0 spiro atoms. The van der Waals surface area contributed by atoms with E-state index < -0.39 is 11.9 Å². The lowest BCUT2D eigenvalue weighted by molar-refractivity contribution is -0.141. The van der Waals surface area contributed by atoms with Gasteiger partial charge in [0.05, 0.1) is 11.4 Å². The van der Waals surface area contributed by atoms with Crippen LogP contribution < -0.4 is 0 Å². The molecular weight excluding hydrogens is 317 g/mol. The summed E-state index contributed by atoms with van der Waals surface area (Å²) in [7, 11) is 0. The number of halogens is 3. The Morgan fingerprint density at radius 1 is 0.917 bits per heavy atom. The molecule has 0 saturated heterocycles. The average Bonchev–Trinajstić information content (AvgIpc) is 2.85. The monoisotopic (exact) mass is 332 g/mol. The molecule has 1 aromatic carbocycles. The van der Waals surface area contributed by atoms with E-state index in [9.17, 15) is 13.2 Å². The quantitative estimate of drug-likeness (QED) is 0.704. The van der Waals surface area contributed by atoms with Gasteiger partial charge in [-0.3, -0.25) is 0 Å². The van der Waals surface area contributed by atoms with E-state index >= 15 is 0 Å². The van der Waals surface area contributed by atoms with Gasteiger partial charge in [-0.1, -0.05) is 29.8 Å². The third-order valence-corrected chi connectivity index (χ3v) is 3.55. The fraction of sp³-hybridized carbons (Fsp3) is 0.235. The molecule has 24 heavy (non-hydrogen) atoms. The molecule has 4 nitrogen and oxygen atoms in total. The predicted molar refractivity (Wildman–Crippen MR) is 83.8 cm³/mol. The van der Waals surface area contributed by atoms with Gasteiger partial charge in [0.1, 0.15) is 0 Å². The summed E-state index contributed by atoms with van der Waals surface area (Å²) in [5.41, 5.74) is 2.18. The summed E-state index contributed by atoms with van der Waals surface area (Å²) in [6.07, 6.45) is -4.56. The molecule has 0 amide bonds. The van der Waals surface area contributed by atoms with Crippen LogP contribution in [0.3, 0.4) is 0 Å². The lowest BCUT2D eigenvalue weighted by Gasteiger charge is -2.11. The van der Waals surface area contributed by atoms with Crippen molar-refractivity contribution in [3.63, 3.8) is 0 Å². The van der Waals surface area contributed by atoms with E-state index in [2.05, 4.69) is 15.1 Å². The molecule has 0 unspecified atom stereocenters. The highest BCUT2D eigenvalue weighted by atomic mass is 19.4. The minimum atomic E-state index is -4.56. The number of benzene rings is 1. The number of aryl methyl sites for hydroxylation is 3. The molecular formula is C17H15F3N4. The van der Waals surface area contributed by atoms with Crippen molar-refractivity contribution < 1.29 is 13.2 Å². The highest BCUT2D eigenvalue weighted by Crippen LogP contribution is 2.31. The average molecular weight is 332 g/mol. The molecule has 124 valence electrons. The second kappa shape index (κ2) is 5.74. The first-order valence-corrected chi connectivity index (χ1v) is 7.31. The summed E-state index contributed by atoms with van der Waals surface area (Å²) in [5, 5.41) is 4.18. The van der Waals surface area contributed by atoms with Gasteiger partial charge < -0.3 is 0 Å². The number of hydrogen-bond donors (Lipinski definition) is 0. The van der Waals surface area contributed by atoms with Crippen LogP contribution in [0.15, 0.2) is 36.4 Å². The molecule has 0 radical (unpaired) electrons. The fourth-order valence-corrected chi connectivity index (χ4v) is 2.38. The first-order chi connectivity index (χ1) is 11.2. The maximum Gasteiger partial charge on any atom is 0.433 e. The predicted octanol–water partition coefficient (Wildman–Crippen LogP) is 4.27. The maximum atomic E-state index is 13.2. The molecule has 0 fully saturated rings. The summed E-state index contributed by atoms with van der Waals surface area (Å²) in [6, 6.07) is 9.85. The van der Waals surface area contributed by atoms with Crippen molar-refractivity contribution >= 4 is 0 Å². The van der Waals surface area contributed by atoms with Gasteiger partial charge in [-0.15, -0.1) is 0 Å². The van der Waals surface area contributed by atoms with Crippen LogP contribution in [-0.4, -0.2) is 19.7 Å². The maximum absolute atomic E-state index is 13.2. The van der Waals surface area contributed by atoms with E-state index in [4.69, 9.17) is 0 Å². The van der Waals surface area contributed by atoms with E-state index in [0.29, 0.717) is 17.0 Å². The molecule has 0 bridgehead atoms. The van der Waals surface area contributed by atoms with E-state index in [1.165, 1.54) is 4.68 Å². The van der Waals surface area contributed by atoms with Crippen molar-refractivity contribution in [3.05, 3.63) is 59.0 Å². The zero-order chi connectivity index (χ0) is 17.5. The highest BCUT2D eigenvalue weighted by molar-refractivity contribution is 5.60. The van der Waals surface area contributed by atoms with Crippen LogP contribution in [0.4, 0.5) is 13.2 Å². The molecule has 7 heteroatoms. The van der Waals surface area contributed by atoms with Crippen molar-refractivity contribution in [1.82, 2.24) is 19.7 Å². The lowest BCUT2D eigenvalue weighted by Crippen LogP contribution is -2.14. The Labute approximate surface area is 137 Å². The molecule has 0 aliphatic heterocycles. The Kier molecular flexibility index (Phi) is 3.87. The molecule has 0 aliphatic carbocycles. The number of hydrogen-bond acceptors (Lipinski definition) is 3. The van der Waals surface area contributed by atoms with E-state index in [1.807, 2.05) is 19.1 Å². The summed E-state index contributed by atoms with van der Waals surface area (Å²) >= 11 is 0. The zero-order valence-corrected chi connectivity index (χ0v) is 13.4. The number of alkyl halides is 3. The Bertz CT molecular complexity index is 880. The summed E-state index contributed by atoms with van der Waals surface area (Å²) in [4.78, 5) is 7.94. The van der Waals surface area contributed by atoms with Crippen LogP contribution >= 0.6 is 0 Å². The van der Waals surface area contributed by atoms with Crippen LogP contribution in [-0.2, 0) is 6.18 Å². The topological polar surface area (TPSA) is 43.6 Å². The molecule has 3 aromatic rings.